The van der Waals surface area contributed by atoms with E-state index in [0.29, 0.717) is 11.3 Å². The number of hydrogen-bond donors (Lipinski definition) is 0. The number of nitriles is 1. The molecule has 0 aliphatic carbocycles. The lowest BCUT2D eigenvalue weighted by Gasteiger charge is -2.02. The van der Waals surface area contributed by atoms with E-state index < -0.39 is 5.97 Å². The number of aryl methyl sites for hydroxylation is 1. The van der Waals surface area contributed by atoms with Crippen LogP contribution < -0.4 is 4.74 Å². The summed E-state index contributed by atoms with van der Waals surface area (Å²) in [6.07, 6.45) is 9.30. The van der Waals surface area contributed by atoms with Gasteiger partial charge in [0.2, 0.25) is 0 Å². The van der Waals surface area contributed by atoms with Crippen LogP contribution in [0, 0.1) is 11.3 Å². The molecule has 0 atom stereocenters. The number of carbonyl (C=O) groups excluding carboxylic acids is 1. The van der Waals surface area contributed by atoms with E-state index in [1.165, 1.54) is 37.3 Å². The van der Waals surface area contributed by atoms with E-state index in [9.17, 15) is 4.79 Å². The first-order valence-corrected chi connectivity index (χ1v) is 8.70. The van der Waals surface area contributed by atoms with E-state index in [0.717, 1.165) is 12.0 Å². The number of rotatable bonds is 8. The molecule has 0 unspecified atom stereocenters. The van der Waals surface area contributed by atoms with Crippen LogP contribution in [-0.2, 0) is 11.2 Å². The fourth-order valence-electron chi connectivity index (χ4n) is 2.46. The smallest absolute Gasteiger partial charge is 0.336 e. The number of carbonyl (C=O) groups is 1. The van der Waals surface area contributed by atoms with E-state index in [-0.39, 0.29) is 0 Å². The zero-order valence-corrected chi connectivity index (χ0v) is 14.6. The lowest BCUT2D eigenvalue weighted by atomic mass is 10.0. The summed E-state index contributed by atoms with van der Waals surface area (Å²) in [6, 6.07) is 16.7. The summed E-state index contributed by atoms with van der Waals surface area (Å²) in [7, 11) is 0. The number of esters is 1. The van der Waals surface area contributed by atoms with E-state index >= 15 is 0 Å². The van der Waals surface area contributed by atoms with Crippen molar-refractivity contribution in [1.82, 2.24) is 0 Å². The molecule has 3 nitrogen and oxygen atoms in total. The van der Waals surface area contributed by atoms with Crippen molar-refractivity contribution in [2.24, 2.45) is 0 Å². The van der Waals surface area contributed by atoms with Crippen molar-refractivity contribution < 1.29 is 9.53 Å². The van der Waals surface area contributed by atoms with E-state index in [4.69, 9.17) is 10.00 Å². The molecule has 0 heterocycles. The Morgan fingerprint density at radius 3 is 2.40 bits per heavy atom. The molecule has 3 heteroatoms. The van der Waals surface area contributed by atoms with Crippen LogP contribution in [0.15, 0.2) is 54.6 Å². The number of unbranched alkanes of at least 4 members (excludes halogenated alkanes) is 3. The highest BCUT2D eigenvalue weighted by atomic mass is 16.5. The topological polar surface area (TPSA) is 50.1 Å². The van der Waals surface area contributed by atoms with Crippen molar-refractivity contribution in [3.63, 3.8) is 0 Å². The zero-order valence-electron chi connectivity index (χ0n) is 14.6. The van der Waals surface area contributed by atoms with Crippen LogP contribution in [0.1, 0.15) is 49.3 Å². The van der Waals surface area contributed by atoms with Crippen molar-refractivity contribution in [3.8, 4) is 11.8 Å². The monoisotopic (exact) mass is 333 g/mol. The van der Waals surface area contributed by atoms with Gasteiger partial charge in [0.05, 0.1) is 11.6 Å². The van der Waals surface area contributed by atoms with Gasteiger partial charge in [-0.3, -0.25) is 0 Å². The Morgan fingerprint density at radius 1 is 1.04 bits per heavy atom. The molecule has 0 saturated heterocycles. The molecule has 25 heavy (non-hydrogen) atoms. The van der Waals surface area contributed by atoms with Gasteiger partial charge in [-0.2, -0.15) is 5.26 Å². The van der Waals surface area contributed by atoms with Gasteiger partial charge in [-0.05, 0) is 54.3 Å². The highest BCUT2D eigenvalue weighted by Gasteiger charge is 2.01. The molecule has 0 fully saturated rings. The lowest BCUT2D eigenvalue weighted by molar-refractivity contribution is -0.128. The molecule has 0 saturated carbocycles. The quantitative estimate of drug-likeness (QED) is 0.285. The summed E-state index contributed by atoms with van der Waals surface area (Å²) in [5.74, 6) is -0.00979. The zero-order chi connectivity index (χ0) is 17.9. The average molecular weight is 333 g/mol. The SMILES string of the molecule is CCCCCCc1ccc(/C=C/C(=O)Oc2ccc(C#N)cc2)cc1. The second-order valence-electron chi connectivity index (χ2n) is 5.94. The minimum atomic E-state index is -0.437. The fourth-order valence-corrected chi connectivity index (χ4v) is 2.46. The van der Waals surface area contributed by atoms with E-state index in [2.05, 4.69) is 19.1 Å². The Balaban J connectivity index is 1.83. The van der Waals surface area contributed by atoms with Crippen LogP contribution >= 0.6 is 0 Å². The molecular weight excluding hydrogens is 310 g/mol. The van der Waals surface area contributed by atoms with Gasteiger partial charge in [-0.1, -0.05) is 50.5 Å². The molecule has 0 bridgehead atoms. The molecule has 128 valence electrons. The van der Waals surface area contributed by atoms with Crippen molar-refractivity contribution >= 4 is 12.0 Å². The second-order valence-corrected chi connectivity index (χ2v) is 5.94. The lowest BCUT2D eigenvalue weighted by Crippen LogP contribution is -2.03. The fraction of sp³-hybridized carbons (Fsp3) is 0.273. The third-order valence-corrected chi connectivity index (χ3v) is 3.91. The molecule has 0 spiro atoms. The predicted molar refractivity (Wildman–Crippen MR) is 100 cm³/mol. The Morgan fingerprint density at radius 2 is 1.76 bits per heavy atom. The van der Waals surface area contributed by atoms with Crippen LogP contribution in [0.2, 0.25) is 0 Å². The Kier molecular flexibility index (Phi) is 7.46. The minimum Gasteiger partial charge on any atom is -0.423 e. The number of nitrogens with zero attached hydrogens (tertiary/aromatic N) is 1. The first kappa shape index (κ1) is 18.5. The summed E-state index contributed by atoms with van der Waals surface area (Å²) in [6.45, 7) is 2.22. The third kappa shape index (κ3) is 6.64. The summed E-state index contributed by atoms with van der Waals surface area (Å²) in [4.78, 5) is 11.8. The highest BCUT2D eigenvalue weighted by molar-refractivity contribution is 5.88. The molecule has 2 rings (SSSR count). The number of ether oxygens (including phenoxy) is 1. The van der Waals surface area contributed by atoms with Crippen LogP contribution in [0.5, 0.6) is 5.75 Å². The largest absolute Gasteiger partial charge is 0.423 e. The highest BCUT2D eigenvalue weighted by Crippen LogP contribution is 2.13. The average Bonchev–Trinajstić information content (AvgIpc) is 2.65. The maximum absolute atomic E-state index is 11.8. The molecule has 0 radical (unpaired) electrons. The molecular formula is C22H23NO2. The van der Waals surface area contributed by atoms with E-state index in [1.54, 1.807) is 30.3 Å². The normalized spacial score (nSPS) is 10.6. The molecule has 2 aromatic carbocycles. The van der Waals surface area contributed by atoms with Crippen molar-refractivity contribution in [2.45, 2.75) is 39.0 Å². The molecule has 0 aliphatic rings. The Bertz CT molecular complexity index is 737. The maximum atomic E-state index is 11.8. The molecule has 0 N–H and O–H groups in total. The molecule has 0 aromatic heterocycles. The molecule has 0 amide bonds. The first-order valence-electron chi connectivity index (χ1n) is 8.70. The molecule has 0 aliphatic heterocycles. The van der Waals surface area contributed by atoms with Gasteiger partial charge in [-0.25, -0.2) is 4.79 Å². The summed E-state index contributed by atoms with van der Waals surface area (Å²) in [5.41, 5.74) is 2.83. The van der Waals surface area contributed by atoms with Crippen LogP contribution in [0.25, 0.3) is 6.08 Å². The summed E-state index contributed by atoms with van der Waals surface area (Å²) in [5, 5.41) is 8.74. The predicted octanol–water partition coefficient (Wildman–Crippen LogP) is 5.30. The van der Waals surface area contributed by atoms with Crippen molar-refractivity contribution in [1.29, 1.82) is 5.26 Å². The van der Waals surface area contributed by atoms with Gasteiger partial charge in [0.25, 0.3) is 0 Å². The Labute approximate surface area is 149 Å². The van der Waals surface area contributed by atoms with Gasteiger partial charge < -0.3 is 4.74 Å². The van der Waals surface area contributed by atoms with Crippen molar-refractivity contribution in [2.75, 3.05) is 0 Å². The van der Waals surface area contributed by atoms with Crippen molar-refractivity contribution in [3.05, 3.63) is 71.3 Å². The van der Waals surface area contributed by atoms with Gasteiger partial charge in [0.15, 0.2) is 0 Å². The third-order valence-electron chi connectivity index (χ3n) is 3.91. The van der Waals surface area contributed by atoms with Gasteiger partial charge in [0.1, 0.15) is 5.75 Å². The summed E-state index contributed by atoms with van der Waals surface area (Å²) >= 11 is 0. The number of benzene rings is 2. The maximum Gasteiger partial charge on any atom is 0.336 e. The minimum absolute atomic E-state index is 0.427. The standard InChI is InChI=1S/C22H23NO2/c1-2-3-4-5-6-18-7-9-19(10-8-18)13-16-22(24)25-21-14-11-20(17-23)12-15-21/h7-16H,2-6H2,1H3/b16-13+. The molecule has 2 aromatic rings. The summed E-state index contributed by atoms with van der Waals surface area (Å²) < 4.78 is 5.20. The Hall–Kier alpha value is -2.86. The van der Waals surface area contributed by atoms with Gasteiger partial charge in [-0.15, -0.1) is 0 Å². The number of hydrogen-bond acceptors (Lipinski definition) is 3. The van der Waals surface area contributed by atoms with Crippen LogP contribution in [-0.4, -0.2) is 5.97 Å². The second kappa shape index (κ2) is 10.1. The van der Waals surface area contributed by atoms with E-state index in [1.807, 2.05) is 18.2 Å². The van der Waals surface area contributed by atoms with Gasteiger partial charge >= 0.3 is 5.97 Å². The van der Waals surface area contributed by atoms with Crippen LogP contribution in [0.4, 0.5) is 0 Å². The first-order chi connectivity index (χ1) is 12.2. The van der Waals surface area contributed by atoms with Gasteiger partial charge in [0, 0.05) is 6.08 Å². The van der Waals surface area contributed by atoms with Crippen LogP contribution in [0.3, 0.4) is 0 Å².